The first-order valence-corrected chi connectivity index (χ1v) is 7.66. The summed E-state index contributed by atoms with van der Waals surface area (Å²) in [5, 5.41) is 9.24. The van der Waals surface area contributed by atoms with Gasteiger partial charge < -0.3 is 5.11 Å². The van der Waals surface area contributed by atoms with E-state index in [4.69, 9.17) is 0 Å². The molecule has 1 unspecified atom stereocenters. The third kappa shape index (κ3) is 3.97. The standard InChI is InChI=1S/C20H24O2/c1-14-5-7-15(8-6-14)18(13-19(21)22)16-9-11-17(12-10-16)20(2,3)4/h5-12,18H,13H2,1-4H3,(H,21,22). The lowest BCUT2D eigenvalue weighted by atomic mass is 9.83. The Morgan fingerprint density at radius 1 is 0.955 bits per heavy atom. The molecule has 2 nitrogen and oxygen atoms in total. The van der Waals surface area contributed by atoms with E-state index in [0.29, 0.717) is 0 Å². The van der Waals surface area contributed by atoms with Crippen molar-refractivity contribution in [2.75, 3.05) is 0 Å². The maximum Gasteiger partial charge on any atom is 0.304 e. The number of hydrogen-bond acceptors (Lipinski definition) is 1. The zero-order valence-electron chi connectivity index (χ0n) is 13.8. The quantitative estimate of drug-likeness (QED) is 0.871. The van der Waals surface area contributed by atoms with Crippen molar-refractivity contribution in [3.8, 4) is 0 Å². The van der Waals surface area contributed by atoms with Gasteiger partial charge >= 0.3 is 5.97 Å². The van der Waals surface area contributed by atoms with Gasteiger partial charge in [0.2, 0.25) is 0 Å². The summed E-state index contributed by atoms with van der Waals surface area (Å²) >= 11 is 0. The molecule has 2 rings (SSSR count). The summed E-state index contributed by atoms with van der Waals surface area (Å²) in [6, 6.07) is 16.5. The number of carboxylic acid groups (broad SMARTS) is 1. The van der Waals surface area contributed by atoms with Gasteiger partial charge in [0.25, 0.3) is 0 Å². The van der Waals surface area contributed by atoms with Crippen molar-refractivity contribution in [3.63, 3.8) is 0 Å². The molecule has 1 atom stereocenters. The zero-order valence-corrected chi connectivity index (χ0v) is 13.8. The molecule has 22 heavy (non-hydrogen) atoms. The first kappa shape index (κ1) is 16.3. The SMILES string of the molecule is Cc1ccc(C(CC(=O)O)c2ccc(C(C)(C)C)cc2)cc1. The monoisotopic (exact) mass is 296 g/mol. The summed E-state index contributed by atoms with van der Waals surface area (Å²) in [5.41, 5.74) is 4.65. The summed E-state index contributed by atoms with van der Waals surface area (Å²) in [4.78, 5) is 11.2. The van der Waals surface area contributed by atoms with Gasteiger partial charge in [-0.1, -0.05) is 74.9 Å². The molecule has 0 amide bonds. The van der Waals surface area contributed by atoms with E-state index < -0.39 is 5.97 Å². The fourth-order valence-corrected chi connectivity index (χ4v) is 2.62. The second kappa shape index (κ2) is 6.35. The molecule has 2 aromatic rings. The Morgan fingerprint density at radius 3 is 1.82 bits per heavy atom. The van der Waals surface area contributed by atoms with Gasteiger partial charge in [0, 0.05) is 5.92 Å². The first-order valence-electron chi connectivity index (χ1n) is 7.66. The van der Waals surface area contributed by atoms with Crippen LogP contribution in [0.4, 0.5) is 0 Å². The van der Waals surface area contributed by atoms with Gasteiger partial charge in [0.15, 0.2) is 0 Å². The Balaban J connectivity index is 2.37. The van der Waals surface area contributed by atoms with Crippen LogP contribution in [0.15, 0.2) is 48.5 Å². The van der Waals surface area contributed by atoms with E-state index in [0.717, 1.165) is 11.1 Å². The maximum atomic E-state index is 11.2. The van der Waals surface area contributed by atoms with Crippen LogP contribution in [-0.4, -0.2) is 11.1 Å². The van der Waals surface area contributed by atoms with Gasteiger partial charge in [-0.15, -0.1) is 0 Å². The normalized spacial score (nSPS) is 12.9. The van der Waals surface area contributed by atoms with E-state index in [-0.39, 0.29) is 17.8 Å². The second-order valence-corrected chi connectivity index (χ2v) is 6.93. The van der Waals surface area contributed by atoms with E-state index in [9.17, 15) is 9.90 Å². The van der Waals surface area contributed by atoms with Gasteiger partial charge in [-0.05, 0) is 29.0 Å². The molecule has 2 aromatic carbocycles. The fourth-order valence-electron chi connectivity index (χ4n) is 2.62. The molecule has 0 saturated heterocycles. The van der Waals surface area contributed by atoms with Crippen molar-refractivity contribution in [1.29, 1.82) is 0 Å². The predicted molar refractivity (Wildman–Crippen MR) is 90.4 cm³/mol. The van der Waals surface area contributed by atoms with E-state index in [1.54, 1.807) is 0 Å². The topological polar surface area (TPSA) is 37.3 Å². The van der Waals surface area contributed by atoms with E-state index >= 15 is 0 Å². The largest absolute Gasteiger partial charge is 0.481 e. The smallest absolute Gasteiger partial charge is 0.304 e. The number of aliphatic carboxylic acids is 1. The van der Waals surface area contributed by atoms with Crippen LogP contribution in [0.2, 0.25) is 0 Å². The molecule has 0 spiro atoms. The number of hydrogen-bond donors (Lipinski definition) is 1. The Labute approximate surface area is 132 Å². The van der Waals surface area contributed by atoms with Crippen LogP contribution in [0.5, 0.6) is 0 Å². The highest BCUT2D eigenvalue weighted by atomic mass is 16.4. The lowest BCUT2D eigenvalue weighted by Crippen LogP contribution is -2.12. The summed E-state index contributed by atoms with van der Waals surface area (Å²) in [6.07, 6.45) is 0.109. The van der Waals surface area contributed by atoms with Crippen LogP contribution >= 0.6 is 0 Å². The van der Waals surface area contributed by atoms with Crippen LogP contribution in [0, 0.1) is 6.92 Å². The summed E-state index contributed by atoms with van der Waals surface area (Å²) in [6.45, 7) is 8.57. The molecule has 0 heterocycles. The van der Waals surface area contributed by atoms with E-state index in [1.165, 1.54) is 11.1 Å². The van der Waals surface area contributed by atoms with Crippen molar-refractivity contribution in [3.05, 3.63) is 70.8 Å². The molecule has 116 valence electrons. The first-order chi connectivity index (χ1) is 10.3. The third-order valence-electron chi connectivity index (χ3n) is 4.04. The Kier molecular flexibility index (Phi) is 4.70. The molecular formula is C20H24O2. The second-order valence-electron chi connectivity index (χ2n) is 6.93. The predicted octanol–water partition coefficient (Wildman–Crippen LogP) is 4.90. The van der Waals surface area contributed by atoms with Gasteiger partial charge in [0.1, 0.15) is 0 Å². The average molecular weight is 296 g/mol. The molecule has 0 aliphatic carbocycles. The molecule has 0 aliphatic rings. The molecule has 0 aromatic heterocycles. The molecule has 0 bridgehead atoms. The molecule has 1 N–H and O–H groups in total. The van der Waals surface area contributed by atoms with Crippen LogP contribution in [0.1, 0.15) is 55.4 Å². The summed E-state index contributed by atoms with van der Waals surface area (Å²) in [7, 11) is 0. The average Bonchev–Trinajstić information content (AvgIpc) is 2.45. The molecule has 0 saturated carbocycles. The van der Waals surface area contributed by atoms with Crippen molar-refractivity contribution in [2.24, 2.45) is 0 Å². The van der Waals surface area contributed by atoms with E-state index in [2.05, 4.69) is 45.0 Å². The Morgan fingerprint density at radius 2 is 1.41 bits per heavy atom. The third-order valence-corrected chi connectivity index (χ3v) is 4.04. The number of aryl methyl sites for hydroxylation is 1. The number of rotatable bonds is 4. The van der Waals surface area contributed by atoms with Crippen LogP contribution in [-0.2, 0) is 10.2 Å². The zero-order chi connectivity index (χ0) is 16.3. The van der Waals surface area contributed by atoms with Gasteiger partial charge in [-0.2, -0.15) is 0 Å². The van der Waals surface area contributed by atoms with Crippen molar-refractivity contribution in [1.82, 2.24) is 0 Å². The highest BCUT2D eigenvalue weighted by Gasteiger charge is 2.19. The van der Waals surface area contributed by atoms with Gasteiger partial charge in [0.05, 0.1) is 6.42 Å². The molecule has 0 radical (unpaired) electrons. The minimum absolute atomic E-state index is 0.102. The molecule has 0 fully saturated rings. The summed E-state index contributed by atoms with van der Waals surface area (Å²) < 4.78 is 0. The van der Waals surface area contributed by atoms with Crippen molar-refractivity contribution in [2.45, 2.75) is 45.4 Å². The molecular weight excluding hydrogens is 272 g/mol. The lowest BCUT2D eigenvalue weighted by Gasteiger charge is -2.21. The van der Waals surface area contributed by atoms with Crippen molar-refractivity contribution < 1.29 is 9.90 Å². The molecule has 0 aliphatic heterocycles. The minimum atomic E-state index is -0.773. The van der Waals surface area contributed by atoms with Crippen molar-refractivity contribution >= 4 is 5.97 Å². The van der Waals surface area contributed by atoms with E-state index in [1.807, 2.05) is 31.2 Å². The number of carbonyl (C=O) groups is 1. The molecule has 2 heteroatoms. The number of benzene rings is 2. The van der Waals surface area contributed by atoms with Gasteiger partial charge in [-0.3, -0.25) is 4.79 Å². The Bertz CT molecular complexity index is 631. The van der Waals surface area contributed by atoms with Crippen LogP contribution < -0.4 is 0 Å². The maximum absolute atomic E-state index is 11.2. The van der Waals surface area contributed by atoms with Crippen LogP contribution in [0.25, 0.3) is 0 Å². The highest BCUT2D eigenvalue weighted by Crippen LogP contribution is 2.30. The Hall–Kier alpha value is -2.09. The fraction of sp³-hybridized carbons (Fsp3) is 0.350. The minimum Gasteiger partial charge on any atom is -0.481 e. The summed E-state index contributed by atoms with van der Waals surface area (Å²) in [5.74, 6) is -0.877. The lowest BCUT2D eigenvalue weighted by molar-refractivity contribution is -0.137. The van der Waals surface area contributed by atoms with Gasteiger partial charge in [-0.25, -0.2) is 0 Å². The number of carboxylic acids is 1. The van der Waals surface area contributed by atoms with Crippen LogP contribution in [0.3, 0.4) is 0 Å². The highest BCUT2D eigenvalue weighted by molar-refractivity contribution is 5.69.